The first kappa shape index (κ1) is 23.9. The van der Waals surface area contributed by atoms with Crippen LogP contribution in [0.15, 0.2) is 29.2 Å². The molecule has 1 aliphatic rings. The van der Waals surface area contributed by atoms with Gasteiger partial charge in [-0.15, -0.1) is 0 Å². The van der Waals surface area contributed by atoms with E-state index in [-0.39, 0.29) is 42.9 Å². The van der Waals surface area contributed by atoms with Gasteiger partial charge in [-0.25, -0.2) is 0 Å². The quantitative estimate of drug-likeness (QED) is 0.526. The zero-order valence-electron chi connectivity index (χ0n) is 16.9. The molecule has 2 rings (SSSR count). The van der Waals surface area contributed by atoms with Crippen LogP contribution < -0.4 is 10.6 Å². The Labute approximate surface area is 185 Å². The molecule has 1 aromatic carbocycles. The monoisotopic (exact) mass is 452 g/mol. The normalized spacial score (nSPS) is 15.2. The number of nitrogens with one attached hydrogen (secondary N) is 2. The number of benzene rings is 1. The predicted molar refractivity (Wildman–Crippen MR) is 118 cm³/mol. The number of carbonyl (C=O) groups excluding carboxylic acids is 4. The molecule has 10 heteroatoms. The molecule has 2 N–H and O–H groups in total. The summed E-state index contributed by atoms with van der Waals surface area (Å²) in [6, 6.07) is 7.04. The average Bonchev–Trinajstić information content (AvgIpc) is 2.95. The van der Waals surface area contributed by atoms with Gasteiger partial charge in [0.15, 0.2) is 0 Å². The second-order valence-corrected chi connectivity index (χ2v) is 8.13. The van der Waals surface area contributed by atoms with Crippen molar-refractivity contribution in [2.75, 3.05) is 39.8 Å². The van der Waals surface area contributed by atoms with Crippen molar-refractivity contribution in [1.29, 1.82) is 0 Å². The fourth-order valence-electron chi connectivity index (χ4n) is 2.66. The first-order valence-electron chi connectivity index (χ1n) is 9.53. The number of carbonyl (C=O) groups is 4. The van der Waals surface area contributed by atoms with E-state index in [1.54, 1.807) is 42.3 Å². The Bertz CT molecular complexity index is 846. The summed E-state index contributed by atoms with van der Waals surface area (Å²) in [7, 11) is 1.67. The standard InChI is InChI=1S/C20H25ClN4O4S/c1-3-8-22-17(26)12-24(2)13-18(27)23-9-10-25-19(28)16(30-20(25)29)11-14-6-4-5-7-15(14)21/h4-7,11H,3,8-10,12-13H2,1-2H3,(H,22,26)(H,23,27)/b16-11-. The van der Waals surface area contributed by atoms with Crippen molar-refractivity contribution < 1.29 is 19.2 Å². The Morgan fingerprint density at radius 2 is 1.77 bits per heavy atom. The summed E-state index contributed by atoms with van der Waals surface area (Å²) in [6.07, 6.45) is 2.43. The van der Waals surface area contributed by atoms with Crippen molar-refractivity contribution in [3.8, 4) is 0 Å². The van der Waals surface area contributed by atoms with Crippen molar-refractivity contribution in [1.82, 2.24) is 20.4 Å². The Morgan fingerprint density at radius 3 is 2.40 bits per heavy atom. The lowest BCUT2D eigenvalue weighted by Crippen LogP contribution is -2.43. The maximum atomic E-state index is 12.5. The maximum absolute atomic E-state index is 12.5. The van der Waals surface area contributed by atoms with Gasteiger partial charge in [-0.3, -0.25) is 29.0 Å². The third-order valence-electron chi connectivity index (χ3n) is 4.12. The van der Waals surface area contributed by atoms with E-state index >= 15 is 0 Å². The number of amides is 4. The minimum absolute atomic E-state index is 0.0356. The maximum Gasteiger partial charge on any atom is 0.293 e. The SMILES string of the molecule is CCCNC(=O)CN(C)CC(=O)NCCN1C(=O)S/C(=C\c2ccccc2Cl)C1=O. The van der Waals surface area contributed by atoms with E-state index in [2.05, 4.69) is 10.6 Å². The lowest BCUT2D eigenvalue weighted by atomic mass is 10.2. The van der Waals surface area contributed by atoms with Crippen molar-refractivity contribution in [2.45, 2.75) is 13.3 Å². The number of nitrogens with zero attached hydrogens (tertiary/aromatic N) is 2. The molecule has 0 spiro atoms. The second kappa shape index (κ2) is 11.7. The van der Waals surface area contributed by atoms with Crippen molar-refractivity contribution in [3.05, 3.63) is 39.8 Å². The summed E-state index contributed by atoms with van der Waals surface area (Å²) in [4.78, 5) is 51.3. The molecular formula is C20H25ClN4O4S. The van der Waals surface area contributed by atoms with Crippen LogP contribution >= 0.6 is 23.4 Å². The van der Waals surface area contributed by atoms with Crippen LogP contribution in [0, 0.1) is 0 Å². The van der Waals surface area contributed by atoms with Gasteiger partial charge in [0.2, 0.25) is 11.8 Å². The number of thioether (sulfide) groups is 1. The lowest BCUT2D eigenvalue weighted by Gasteiger charge is -2.17. The van der Waals surface area contributed by atoms with Gasteiger partial charge in [-0.1, -0.05) is 36.7 Å². The highest BCUT2D eigenvalue weighted by Gasteiger charge is 2.34. The summed E-state index contributed by atoms with van der Waals surface area (Å²) >= 11 is 6.94. The number of likely N-dealkylation sites (N-methyl/N-ethyl adjacent to an activating group) is 1. The highest BCUT2D eigenvalue weighted by Crippen LogP contribution is 2.33. The van der Waals surface area contributed by atoms with Crippen molar-refractivity contribution >= 4 is 52.4 Å². The summed E-state index contributed by atoms with van der Waals surface area (Å²) < 4.78 is 0. The first-order chi connectivity index (χ1) is 14.3. The smallest absolute Gasteiger partial charge is 0.293 e. The molecule has 162 valence electrons. The molecule has 8 nitrogen and oxygen atoms in total. The molecule has 0 bridgehead atoms. The molecule has 0 unspecified atom stereocenters. The molecule has 4 amide bonds. The third kappa shape index (κ3) is 7.16. The van der Waals surface area contributed by atoms with Gasteiger partial charge >= 0.3 is 0 Å². The number of halogens is 1. The van der Waals surface area contributed by atoms with Crippen LogP contribution in [0.3, 0.4) is 0 Å². The van der Waals surface area contributed by atoms with Crippen LogP contribution in [0.1, 0.15) is 18.9 Å². The van der Waals surface area contributed by atoms with E-state index in [1.165, 1.54) is 0 Å². The number of hydrogen-bond donors (Lipinski definition) is 2. The highest BCUT2D eigenvalue weighted by molar-refractivity contribution is 8.18. The minimum atomic E-state index is -0.413. The molecule has 1 heterocycles. The molecular weight excluding hydrogens is 428 g/mol. The van der Waals surface area contributed by atoms with Crippen LogP contribution in [0.25, 0.3) is 6.08 Å². The van der Waals surface area contributed by atoms with Gasteiger partial charge < -0.3 is 10.6 Å². The van der Waals surface area contributed by atoms with Gasteiger partial charge in [0.25, 0.3) is 11.1 Å². The van der Waals surface area contributed by atoms with Crippen LogP contribution in [0.2, 0.25) is 5.02 Å². The van der Waals surface area contributed by atoms with E-state index in [4.69, 9.17) is 11.6 Å². The topological polar surface area (TPSA) is 98.8 Å². The Kier molecular flexibility index (Phi) is 9.35. The number of rotatable bonds is 10. The molecule has 0 aromatic heterocycles. The largest absolute Gasteiger partial charge is 0.355 e. The van der Waals surface area contributed by atoms with Crippen LogP contribution in [0.4, 0.5) is 4.79 Å². The van der Waals surface area contributed by atoms with E-state index in [9.17, 15) is 19.2 Å². The molecule has 0 atom stereocenters. The predicted octanol–water partition coefficient (Wildman–Crippen LogP) is 1.95. The van der Waals surface area contributed by atoms with Crippen LogP contribution in [-0.2, 0) is 14.4 Å². The van der Waals surface area contributed by atoms with Gasteiger partial charge in [-0.2, -0.15) is 0 Å². The fraction of sp³-hybridized carbons (Fsp3) is 0.400. The third-order valence-corrected chi connectivity index (χ3v) is 5.37. The second-order valence-electron chi connectivity index (χ2n) is 6.73. The first-order valence-corrected chi connectivity index (χ1v) is 10.7. The Morgan fingerprint density at radius 1 is 1.13 bits per heavy atom. The average molecular weight is 453 g/mol. The van der Waals surface area contributed by atoms with Gasteiger partial charge in [0, 0.05) is 24.7 Å². The van der Waals surface area contributed by atoms with Gasteiger partial charge in [0.1, 0.15) is 0 Å². The van der Waals surface area contributed by atoms with E-state index in [1.807, 2.05) is 6.92 Å². The molecule has 0 radical (unpaired) electrons. The Balaban J connectivity index is 1.80. The molecule has 0 saturated carbocycles. The molecule has 30 heavy (non-hydrogen) atoms. The zero-order valence-corrected chi connectivity index (χ0v) is 18.5. The minimum Gasteiger partial charge on any atom is -0.355 e. The lowest BCUT2D eigenvalue weighted by molar-refractivity contribution is -0.126. The highest BCUT2D eigenvalue weighted by atomic mass is 35.5. The fourth-order valence-corrected chi connectivity index (χ4v) is 3.70. The number of imide groups is 1. The summed E-state index contributed by atoms with van der Waals surface area (Å²) in [6.45, 7) is 2.91. The van der Waals surface area contributed by atoms with E-state index in [0.29, 0.717) is 17.1 Å². The summed E-state index contributed by atoms with van der Waals surface area (Å²) in [5.41, 5.74) is 0.656. The molecule has 1 fully saturated rings. The molecule has 0 aliphatic carbocycles. The van der Waals surface area contributed by atoms with Crippen molar-refractivity contribution in [3.63, 3.8) is 0 Å². The molecule has 1 saturated heterocycles. The zero-order chi connectivity index (χ0) is 22.1. The number of hydrogen-bond acceptors (Lipinski definition) is 6. The van der Waals surface area contributed by atoms with E-state index in [0.717, 1.165) is 23.1 Å². The van der Waals surface area contributed by atoms with Crippen molar-refractivity contribution in [2.24, 2.45) is 0 Å². The molecule has 1 aromatic rings. The van der Waals surface area contributed by atoms with Crippen LogP contribution in [-0.4, -0.2) is 72.5 Å². The molecule has 1 aliphatic heterocycles. The van der Waals surface area contributed by atoms with Gasteiger partial charge in [0.05, 0.1) is 18.0 Å². The summed E-state index contributed by atoms with van der Waals surface area (Å²) in [5, 5.41) is 5.50. The van der Waals surface area contributed by atoms with Gasteiger partial charge in [-0.05, 0) is 42.9 Å². The van der Waals surface area contributed by atoms with Crippen LogP contribution in [0.5, 0.6) is 0 Å². The Hall–Kier alpha value is -2.36. The van der Waals surface area contributed by atoms with E-state index < -0.39 is 11.1 Å². The summed E-state index contributed by atoms with van der Waals surface area (Å²) in [5.74, 6) is -0.849.